The molecule has 0 saturated carbocycles. The molecule has 21 heavy (non-hydrogen) atoms. The Hall–Kier alpha value is -2.24. The molecule has 1 amide bonds. The number of hydrogen-bond donors (Lipinski definition) is 1. The predicted molar refractivity (Wildman–Crippen MR) is 75.3 cm³/mol. The first-order valence-electron chi connectivity index (χ1n) is 6.76. The van der Waals surface area contributed by atoms with Gasteiger partial charge >= 0.3 is 5.97 Å². The summed E-state index contributed by atoms with van der Waals surface area (Å²) in [7, 11) is 3.11. The van der Waals surface area contributed by atoms with Crippen molar-refractivity contribution < 1.29 is 24.2 Å². The third-order valence-electron chi connectivity index (χ3n) is 3.67. The molecule has 1 fully saturated rings. The van der Waals surface area contributed by atoms with Gasteiger partial charge in [-0.15, -0.1) is 0 Å². The van der Waals surface area contributed by atoms with Crippen LogP contribution in [-0.4, -0.2) is 42.6 Å². The summed E-state index contributed by atoms with van der Waals surface area (Å²) in [6.45, 7) is 0.630. The fraction of sp³-hybridized carbons (Fsp3) is 0.467. The molecule has 1 aliphatic rings. The maximum absolute atomic E-state index is 11.9. The lowest BCUT2D eigenvalue weighted by Gasteiger charge is -2.30. The van der Waals surface area contributed by atoms with E-state index in [1.807, 2.05) is 6.07 Å². The molecule has 2 rings (SSSR count). The number of piperidine rings is 1. The average Bonchev–Trinajstić information content (AvgIpc) is 2.49. The van der Waals surface area contributed by atoms with Crippen LogP contribution in [0.25, 0.3) is 0 Å². The molecule has 0 spiro atoms. The molecule has 1 aromatic carbocycles. The molecule has 1 aliphatic heterocycles. The molecule has 1 heterocycles. The lowest BCUT2D eigenvalue weighted by molar-refractivity contribution is -0.147. The van der Waals surface area contributed by atoms with Crippen LogP contribution in [0.15, 0.2) is 18.2 Å². The van der Waals surface area contributed by atoms with Gasteiger partial charge in [-0.2, -0.15) is 0 Å². The topological polar surface area (TPSA) is 76.1 Å². The molecule has 0 aromatic heterocycles. The van der Waals surface area contributed by atoms with Crippen molar-refractivity contribution in [3.05, 3.63) is 23.8 Å². The van der Waals surface area contributed by atoms with Crippen LogP contribution in [0.4, 0.5) is 0 Å². The summed E-state index contributed by atoms with van der Waals surface area (Å²) in [5.41, 5.74) is 0.882. The van der Waals surface area contributed by atoms with Gasteiger partial charge in [-0.3, -0.25) is 9.59 Å². The van der Waals surface area contributed by atoms with Crippen molar-refractivity contribution in [2.24, 2.45) is 5.92 Å². The highest BCUT2D eigenvalue weighted by atomic mass is 16.5. The first kappa shape index (κ1) is 15.2. The lowest BCUT2D eigenvalue weighted by atomic mass is 9.97. The van der Waals surface area contributed by atoms with Crippen LogP contribution < -0.4 is 9.47 Å². The van der Waals surface area contributed by atoms with E-state index in [2.05, 4.69) is 0 Å². The summed E-state index contributed by atoms with van der Waals surface area (Å²) in [5, 5.41) is 9.08. The van der Waals surface area contributed by atoms with Gasteiger partial charge in [0.25, 0.3) is 0 Å². The first-order valence-corrected chi connectivity index (χ1v) is 6.76. The number of carboxylic acid groups (broad SMARTS) is 1. The fourth-order valence-electron chi connectivity index (χ4n) is 2.47. The molecule has 1 N–H and O–H groups in total. The summed E-state index contributed by atoms with van der Waals surface area (Å²) >= 11 is 0. The summed E-state index contributed by atoms with van der Waals surface area (Å²) in [6.07, 6.45) is 0.695. The summed E-state index contributed by atoms with van der Waals surface area (Å²) < 4.78 is 10.4. The van der Waals surface area contributed by atoms with Crippen LogP contribution in [0, 0.1) is 5.92 Å². The molecule has 6 nitrogen and oxygen atoms in total. The van der Waals surface area contributed by atoms with Crippen molar-refractivity contribution in [2.45, 2.75) is 19.4 Å². The standard InChI is InChI=1S/C15H19NO5/c1-20-12-5-3-10(7-13(12)21-2)8-16-9-11(15(18)19)4-6-14(16)17/h3,5,7,11H,4,6,8-9H2,1-2H3,(H,18,19)/t11-/m0/s1. The van der Waals surface area contributed by atoms with Crippen molar-refractivity contribution in [3.63, 3.8) is 0 Å². The number of benzene rings is 1. The van der Waals surface area contributed by atoms with Crippen molar-refractivity contribution in [1.29, 1.82) is 0 Å². The Bertz CT molecular complexity index is 543. The molecule has 1 atom stereocenters. The van der Waals surface area contributed by atoms with Crippen LogP contribution in [0.2, 0.25) is 0 Å². The number of carbonyl (C=O) groups is 2. The van der Waals surface area contributed by atoms with Crippen LogP contribution in [-0.2, 0) is 16.1 Å². The molecular formula is C15H19NO5. The maximum Gasteiger partial charge on any atom is 0.308 e. The maximum atomic E-state index is 11.9. The molecule has 0 aliphatic carbocycles. The van der Waals surface area contributed by atoms with E-state index in [4.69, 9.17) is 14.6 Å². The van der Waals surface area contributed by atoms with E-state index in [0.717, 1.165) is 5.56 Å². The molecule has 0 radical (unpaired) electrons. The SMILES string of the molecule is COc1ccc(CN2C[C@@H](C(=O)O)CCC2=O)cc1OC. The summed E-state index contributed by atoms with van der Waals surface area (Å²) in [6, 6.07) is 5.42. The van der Waals surface area contributed by atoms with E-state index >= 15 is 0 Å². The Kier molecular flexibility index (Phi) is 4.67. The zero-order valence-electron chi connectivity index (χ0n) is 12.2. The Morgan fingerprint density at radius 1 is 1.33 bits per heavy atom. The molecule has 114 valence electrons. The van der Waals surface area contributed by atoms with E-state index in [1.54, 1.807) is 31.3 Å². The first-order chi connectivity index (χ1) is 10.0. The molecule has 0 bridgehead atoms. The van der Waals surface area contributed by atoms with Gasteiger partial charge in [-0.1, -0.05) is 6.07 Å². The van der Waals surface area contributed by atoms with Crippen LogP contribution in [0.5, 0.6) is 11.5 Å². The number of carbonyl (C=O) groups excluding carboxylic acids is 1. The predicted octanol–water partition coefficient (Wildman–Crippen LogP) is 1.53. The van der Waals surface area contributed by atoms with Crippen LogP contribution in [0.1, 0.15) is 18.4 Å². The Labute approximate surface area is 123 Å². The van der Waals surface area contributed by atoms with Crippen molar-refractivity contribution in [1.82, 2.24) is 4.90 Å². The number of carboxylic acids is 1. The van der Waals surface area contributed by atoms with Crippen LogP contribution in [0.3, 0.4) is 0 Å². The summed E-state index contributed by atoms with van der Waals surface area (Å²) in [5.74, 6) is -0.131. The van der Waals surface area contributed by atoms with Gasteiger partial charge in [0.05, 0.1) is 20.1 Å². The smallest absolute Gasteiger partial charge is 0.308 e. The molecule has 6 heteroatoms. The Morgan fingerprint density at radius 2 is 2.05 bits per heavy atom. The van der Waals surface area contributed by atoms with E-state index < -0.39 is 11.9 Å². The normalized spacial score (nSPS) is 18.5. The van der Waals surface area contributed by atoms with Gasteiger partial charge in [-0.25, -0.2) is 0 Å². The average molecular weight is 293 g/mol. The molecule has 1 aromatic rings. The number of nitrogens with zero attached hydrogens (tertiary/aromatic N) is 1. The molecule has 1 saturated heterocycles. The number of ether oxygens (including phenoxy) is 2. The highest BCUT2D eigenvalue weighted by Gasteiger charge is 2.30. The second kappa shape index (κ2) is 6.47. The van der Waals surface area contributed by atoms with Gasteiger partial charge in [0.1, 0.15) is 0 Å². The second-order valence-corrected chi connectivity index (χ2v) is 5.04. The van der Waals surface area contributed by atoms with Crippen molar-refractivity contribution >= 4 is 11.9 Å². The van der Waals surface area contributed by atoms with Crippen LogP contribution >= 0.6 is 0 Å². The van der Waals surface area contributed by atoms with Gasteiger partial charge in [0.2, 0.25) is 5.91 Å². The van der Waals surface area contributed by atoms with Gasteiger partial charge in [0, 0.05) is 19.5 Å². The largest absolute Gasteiger partial charge is 0.493 e. The van der Waals surface area contributed by atoms with Crippen molar-refractivity contribution in [2.75, 3.05) is 20.8 Å². The zero-order valence-corrected chi connectivity index (χ0v) is 12.2. The quantitative estimate of drug-likeness (QED) is 0.891. The monoisotopic (exact) mass is 293 g/mol. The number of amides is 1. The van der Waals surface area contributed by atoms with E-state index in [9.17, 15) is 9.59 Å². The number of aliphatic carboxylic acids is 1. The van der Waals surface area contributed by atoms with Gasteiger partial charge in [-0.05, 0) is 24.1 Å². The van der Waals surface area contributed by atoms with Gasteiger partial charge in [0.15, 0.2) is 11.5 Å². The third kappa shape index (κ3) is 3.45. The third-order valence-corrected chi connectivity index (χ3v) is 3.67. The van der Waals surface area contributed by atoms with Gasteiger partial charge < -0.3 is 19.5 Å². The number of hydrogen-bond acceptors (Lipinski definition) is 4. The second-order valence-electron chi connectivity index (χ2n) is 5.04. The minimum atomic E-state index is -0.847. The minimum Gasteiger partial charge on any atom is -0.493 e. The van der Waals surface area contributed by atoms with E-state index in [1.165, 1.54) is 0 Å². The zero-order chi connectivity index (χ0) is 15.4. The highest BCUT2D eigenvalue weighted by molar-refractivity contribution is 5.80. The highest BCUT2D eigenvalue weighted by Crippen LogP contribution is 2.29. The summed E-state index contributed by atoms with van der Waals surface area (Å²) in [4.78, 5) is 24.6. The molecule has 0 unspecified atom stereocenters. The fourth-order valence-corrected chi connectivity index (χ4v) is 2.47. The Balaban J connectivity index is 2.12. The number of likely N-dealkylation sites (tertiary alicyclic amines) is 1. The molecular weight excluding hydrogens is 274 g/mol. The van der Waals surface area contributed by atoms with E-state index in [0.29, 0.717) is 24.5 Å². The van der Waals surface area contributed by atoms with Crippen molar-refractivity contribution in [3.8, 4) is 11.5 Å². The number of rotatable bonds is 5. The Morgan fingerprint density at radius 3 is 2.67 bits per heavy atom. The minimum absolute atomic E-state index is 0.0118. The lowest BCUT2D eigenvalue weighted by Crippen LogP contribution is -2.42. The van der Waals surface area contributed by atoms with E-state index in [-0.39, 0.29) is 18.9 Å². The number of methoxy groups -OCH3 is 2.